The second-order valence-corrected chi connectivity index (χ2v) is 6.48. The molecule has 0 unspecified atom stereocenters. The number of hydrogen-bond acceptors (Lipinski definition) is 2. The van der Waals surface area contributed by atoms with Crippen molar-refractivity contribution >= 4 is 5.69 Å². The second-order valence-electron chi connectivity index (χ2n) is 6.48. The highest BCUT2D eigenvalue weighted by molar-refractivity contribution is 5.46. The van der Waals surface area contributed by atoms with Gasteiger partial charge in [0.05, 0.1) is 12.2 Å². The summed E-state index contributed by atoms with van der Waals surface area (Å²) in [5, 5.41) is 0. The lowest BCUT2D eigenvalue weighted by Crippen LogP contribution is -2.35. The van der Waals surface area contributed by atoms with Gasteiger partial charge in [-0.25, -0.2) is 0 Å². The van der Waals surface area contributed by atoms with Crippen LogP contribution in [0.3, 0.4) is 0 Å². The van der Waals surface area contributed by atoms with E-state index in [2.05, 4.69) is 29.2 Å². The average Bonchev–Trinajstić information content (AvgIpc) is 2.63. The van der Waals surface area contributed by atoms with Crippen molar-refractivity contribution in [3.05, 3.63) is 65.7 Å². The number of anilines is 1. The Kier molecular flexibility index (Phi) is 5.63. The summed E-state index contributed by atoms with van der Waals surface area (Å²) < 4.78 is 43.3. The summed E-state index contributed by atoms with van der Waals surface area (Å²) in [4.78, 5) is 2.38. The fraction of sp³-hybridized carbons (Fsp3) is 0.400. The van der Waals surface area contributed by atoms with E-state index in [1.807, 2.05) is 6.07 Å². The largest absolute Gasteiger partial charge is 0.416 e. The lowest BCUT2D eigenvalue weighted by atomic mass is 9.97. The van der Waals surface area contributed by atoms with Gasteiger partial charge in [-0.1, -0.05) is 30.3 Å². The molecule has 0 aromatic heterocycles. The molecule has 2 aromatic rings. The molecule has 0 radical (unpaired) electrons. The summed E-state index contributed by atoms with van der Waals surface area (Å²) in [6.07, 6.45) is -2.14. The van der Waals surface area contributed by atoms with Crippen LogP contribution in [0.2, 0.25) is 0 Å². The van der Waals surface area contributed by atoms with E-state index in [4.69, 9.17) is 4.74 Å². The summed E-state index contributed by atoms with van der Waals surface area (Å²) in [7, 11) is 0. The van der Waals surface area contributed by atoms with Crippen molar-refractivity contribution in [2.24, 2.45) is 5.92 Å². The SMILES string of the molecule is FC(F)(F)c1ccc(COCC2CCN(c3ccccc3)CC2)cc1. The number of benzene rings is 2. The van der Waals surface area contributed by atoms with Crippen molar-refractivity contribution in [3.63, 3.8) is 0 Å². The van der Waals surface area contributed by atoms with Crippen molar-refractivity contribution in [3.8, 4) is 0 Å². The molecule has 3 rings (SSSR count). The topological polar surface area (TPSA) is 12.5 Å². The molecule has 1 fully saturated rings. The molecular formula is C20H22F3NO. The molecule has 1 aliphatic rings. The molecule has 1 aliphatic heterocycles. The molecule has 2 nitrogen and oxygen atoms in total. The van der Waals surface area contributed by atoms with Crippen molar-refractivity contribution in [1.29, 1.82) is 0 Å². The zero-order chi connectivity index (χ0) is 17.7. The number of halogens is 3. The third-order valence-corrected chi connectivity index (χ3v) is 4.64. The summed E-state index contributed by atoms with van der Waals surface area (Å²) in [5.74, 6) is 0.509. The van der Waals surface area contributed by atoms with Crippen LogP contribution in [0.15, 0.2) is 54.6 Å². The maximum absolute atomic E-state index is 12.5. The quantitative estimate of drug-likeness (QED) is 0.741. The van der Waals surface area contributed by atoms with Crippen LogP contribution in [0, 0.1) is 5.92 Å². The second kappa shape index (κ2) is 7.91. The number of hydrogen-bond donors (Lipinski definition) is 0. The molecule has 134 valence electrons. The smallest absolute Gasteiger partial charge is 0.376 e. The molecule has 0 atom stereocenters. The predicted octanol–water partition coefficient (Wildman–Crippen LogP) is 5.14. The van der Waals surface area contributed by atoms with Crippen LogP contribution >= 0.6 is 0 Å². The lowest BCUT2D eigenvalue weighted by molar-refractivity contribution is -0.137. The molecule has 1 saturated heterocycles. The summed E-state index contributed by atoms with van der Waals surface area (Å²) in [6.45, 7) is 3.04. The van der Waals surface area contributed by atoms with Crippen LogP contribution in [0.5, 0.6) is 0 Å². The molecular weight excluding hydrogens is 327 g/mol. The van der Waals surface area contributed by atoms with Crippen LogP contribution in [-0.2, 0) is 17.5 Å². The van der Waals surface area contributed by atoms with Gasteiger partial charge in [0.15, 0.2) is 0 Å². The molecule has 0 N–H and O–H groups in total. The van der Waals surface area contributed by atoms with Gasteiger partial charge in [0.2, 0.25) is 0 Å². The zero-order valence-electron chi connectivity index (χ0n) is 14.0. The van der Waals surface area contributed by atoms with Gasteiger partial charge in [0.1, 0.15) is 0 Å². The number of alkyl halides is 3. The van der Waals surface area contributed by atoms with Crippen LogP contribution in [0.4, 0.5) is 18.9 Å². The molecule has 25 heavy (non-hydrogen) atoms. The first-order valence-electron chi connectivity index (χ1n) is 8.56. The highest BCUT2D eigenvalue weighted by Crippen LogP contribution is 2.29. The zero-order valence-corrected chi connectivity index (χ0v) is 14.0. The Bertz CT molecular complexity index is 647. The molecule has 0 saturated carbocycles. The highest BCUT2D eigenvalue weighted by atomic mass is 19.4. The van der Waals surface area contributed by atoms with Crippen molar-refractivity contribution in [2.45, 2.75) is 25.6 Å². The minimum atomic E-state index is -4.29. The Morgan fingerprint density at radius 3 is 2.16 bits per heavy atom. The fourth-order valence-electron chi connectivity index (χ4n) is 3.13. The molecule has 5 heteroatoms. The molecule has 1 heterocycles. The Hall–Kier alpha value is -2.01. The highest BCUT2D eigenvalue weighted by Gasteiger charge is 2.29. The Labute approximate surface area is 146 Å². The molecule has 2 aromatic carbocycles. The number of piperidine rings is 1. The van der Waals surface area contributed by atoms with Crippen molar-refractivity contribution < 1.29 is 17.9 Å². The van der Waals surface area contributed by atoms with Crippen LogP contribution in [0.25, 0.3) is 0 Å². The maximum Gasteiger partial charge on any atom is 0.416 e. The minimum absolute atomic E-state index is 0.358. The first-order chi connectivity index (χ1) is 12.0. The standard InChI is InChI=1S/C20H22F3NO/c21-20(22,23)18-8-6-16(7-9-18)14-25-15-17-10-12-24(13-11-17)19-4-2-1-3-5-19/h1-9,17H,10-15H2. The van der Waals surface area contributed by atoms with Gasteiger partial charge in [-0.2, -0.15) is 13.2 Å². The molecule has 0 amide bonds. The van der Waals surface area contributed by atoms with E-state index in [0.717, 1.165) is 43.6 Å². The minimum Gasteiger partial charge on any atom is -0.376 e. The average molecular weight is 349 g/mol. The predicted molar refractivity (Wildman–Crippen MR) is 92.5 cm³/mol. The van der Waals surface area contributed by atoms with Gasteiger partial charge in [-0.05, 0) is 48.6 Å². The van der Waals surface area contributed by atoms with Crippen LogP contribution < -0.4 is 4.90 Å². The summed E-state index contributed by atoms with van der Waals surface area (Å²) in [6, 6.07) is 15.6. The van der Waals surface area contributed by atoms with E-state index in [0.29, 0.717) is 19.1 Å². The van der Waals surface area contributed by atoms with Gasteiger partial charge < -0.3 is 9.64 Å². The maximum atomic E-state index is 12.5. The lowest BCUT2D eigenvalue weighted by Gasteiger charge is -2.33. The number of rotatable bonds is 5. The van der Waals surface area contributed by atoms with Gasteiger partial charge in [0.25, 0.3) is 0 Å². The van der Waals surface area contributed by atoms with Gasteiger partial charge >= 0.3 is 6.18 Å². The number of ether oxygens (including phenoxy) is 1. The molecule has 0 aliphatic carbocycles. The fourth-order valence-corrected chi connectivity index (χ4v) is 3.13. The molecule has 0 bridgehead atoms. The number of para-hydroxylation sites is 1. The van der Waals surface area contributed by atoms with E-state index in [1.165, 1.54) is 17.8 Å². The number of nitrogens with zero attached hydrogens (tertiary/aromatic N) is 1. The first kappa shape index (κ1) is 17.8. The Balaban J connectivity index is 1.40. The monoisotopic (exact) mass is 349 g/mol. The van der Waals surface area contributed by atoms with Crippen LogP contribution in [-0.4, -0.2) is 19.7 Å². The van der Waals surface area contributed by atoms with Crippen molar-refractivity contribution in [2.75, 3.05) is 24.6 Å². The van der Waals surface area contributed by atoms with E-state index in [1.54, 1.807) is 0 Å². The Morgan fingerprint density at radius 1 is 0.920 bits per heavy atom. The van der Waals surface area contributed by atoms with Gasteiger partial charge in [-0.3, -0.25) is 0 Å². The third kappa shape index (κ3) is 4.98. The van der Waals surface area contributed by atoms with Gasteiger partial charge in [0, 0.05) is 25.4 Å². The van der Waals surface area contributed by atoms with E-state index < -0.39 is 11.7 Å². The summed E-state index contributed by atoms with van der Waals surface area (Å²) >= 11 is 0. The first-order valence-corrected chi connectivity index (χ1v) is 8.56. The van der Waals surface area contributed by atoms with Crippen LogP contribution in [0.1, 0.15) is 24.0 Å². The van der Waals surface area contributed by atoms with E-state index in [-0.39, 0.29) is 0 Å². The normalized spacial score (nSPS) is 16.2. The molecule has 0 spiro atoms. The van der Waals surface area contributed by atoms with E-state index in [9.17, 15) is 13.2 Å². The van der Waals surface area contributed by atoms with Crippen molar-refractivity contribution in [1.82, 2.24) is 0 Å². The Morgan fingerprint density at radius 2 is 1.56 bits per heavy atom. The van der Waals surface area contributed by atoms with Gasteiger partial charge in [-0.15, -0.1) is 0 Å². The van der Waals surface area contributed by atoms with E-state index >= 15 is 0 Å². The third-order valence-electron chi connectivity index (χ3n) is 4.64. The summed E-state index contributed by atoms with van der Waals surface area (Å²) in [5.41, 5.74) is 1.41.